The van der Waals surface area contributed by atoms with E-state index in [1.54, 1.807) is 0 Å². The lowest BCUT2D eigenvalue weighted by Gasteiger charge is -2.25. The number of rotatable bonds is 6. The molecule has 1 aliphatic heterocycles. The van der Waals surface area contributed by atoms with Crippen LogP contribution in [0, 0.1) is 11.8 Å². The highest BCUT2D eigenvalue weighted by atomic mass is 16.5. The van der Waals surface area contributed by atoms with Crippen molar-refractivity contribution in [2.75, 3.05) is 19.8 Å². The topological polar surface area (TPSA) is 41.5 Å². The fraction of sp³-hybridized carbons (Fsp3) is 1.00. The molecule has 0 aliphatic carbocycles. The molecule has 0 aromatic heterocycles. The standard InChI is InChI=1S/C12H25NO2/c1-4-11(10-5-6-15-8-10)13-7-12(14)9(2)3/h9-14H,4-8H2,1-3H3. The maximum absolute atomic E-state index is 9.72. The Morgan fingerprint density at radius 3 is 2.67 bits per heavy atom. The Morgan fingerprint density at radius 2 is 2.20 bits per heavy atom. The summed E-state index contributed by atoms with van der Waals surface area (Å²) in [5.41, 5.74) is 0. The summed E-state index contributed by atoms with van der Waals surface area (Å²) < 4.78 is 5.39. The van der Waals surface area contributed by atoms with E-state index >= 15 is 0 Å². The van der Waals surface area contributed by atoms with Crippen LogP contribution in [-0.4, -0.2) is 37.0 Å². The van der Waals surface area contributed by atoms with E-state index in [1.165, 1.54) is 0 Å². The van der Waals surface area contributed by atoms with Gasteiger partial charge in [-0.2, -0.15) is 0 Å². The molecule has 0 amide bonds. The van der Waals surface area contributed by atoms with Crippen molar-refractivity contribution in [2.45, 2.75) is 45.8 Å². The zero-order chi connectivity index (χ0) is 11.3. The molecule has 0 spiro atoms. The molecule has 3 nitrogen and oxygen atoms in total. The van der Waals surface area contributed by atoms with Crippen molar-refractivity contribution in [3.8, 4) is 0 Å². The largest absolute Gasteiger partial charge is 0.392 e. The van der Waals surface area contributed by atoms with Crippen molar-refractivity contribution in [1.29, 1.82) is 0 Å². The van der Waals surface area contributed by atoms with Crippen LogP contribution in [-0.2, 0) is 4.74 Å². The molecule has 1 heterocycles. The number of ether oxygens (including phenoxy) is 1. The van der Waals surface area contributed by atoms with E-state index in [4.69, 9.17) is 4.74 Å². The molecule has 0 aromatic carbocycles. The molecule has 1 saturated heterocycles. The number of aliphatic hydroxyl groups excluding tert-OH is 1. The Morgan fingerprint density at radius 1 is 1.47 bits per heavy atom. The van der Waals surface area contributed by atoms with Gasteiger partial charge in [-0.1, -0.05) is 20.8 Å². The molecule has 90 valence electrons. The molecule has 3 heteroatoms. The molecule has 2 N–H and O–H groups in total. The molecule has 1 fully saturated rings. The van der Waals surface area contributed by atoms with Crippen molar-refractivity contribution in [3.63, 3.8) is 0 Å². The van der Waals surface area contributed by atoms with Crippen molar-refractivity contribution in [3.05, 3.63) is 0 Å². The van der Waals surface area contributed by atoms with Crippen LogP contribution in [0.25, 0.3) is 0 Å². The monoisotopic (exact) mass is 215 g/mol. The summed E-state index contributed by atoms with van der Waals surface area (Å²) in [5.74, 6) is 0.962. The van der Waals surface area contributed by atoms with Gasteiger partial charge in [-0.15, -0.1) is 0 Å². The van der Waals surface area contributed by atoms with Gasteiger partial charge in [0.2, 0.25) is 0 Å². The quantitative estimate of drug-likeness (QED) is 0.704. The Balaban J connectivity index is 2.27. The maximum Gasteiger partial charge on any atom is 0.0687 e. The Kier molecular flexibility index (Phi) is 5.58. The van der Waals surface area contributed by atoms with Crippen LogP contribution in [0.1, 0.15) is 33.6 Å². The van der Waals surface area contributed by atoms with Crippen LogP contribution < -0.4 is 5.32 Å². The number of nitrogens with one attached hydrogen (secondary N) is 1. The fourth-order valence-corrected chi connectivity index (χ4v) is 2.02. The Hall–Kier alpha value is -0.120. The van der Waals surface area contributed by atoms with Gasteiger partial charge in [0.05, 0.1) is 12.7 Å². The Labute approximate surface area is 93.2 Å². The van der Waals surface area contributed by atoms with Gasteiger partial charge in [0.25, 0.3) is 0 Å². The molecule has 3 atom stereocenters. The lowest BCUT2D eigenvalue weighted by molar-refractivity contribution is 0.113. The SMILES string of the molecule is CCC(NCC(O)C(C)C)C1CCOC1. The smallest absolute Gasteiger partial charge is 0.0687 e. The maximum atomic E-state index is 9.72. The van der Waals surface area contributed by atoms with Gasteiger partial charge in [-0.25, -0.2) is 0 Å². The molecule has 0 bridgehead atoms. The van der Waals surface area contributed by atoms with Crippen LogP contribution in [0.4, 0.5) is 0 Å². The first-order chi connectivity index (χ1) is 7.15. The van der Waals surface area contributed by atoms with Gasteiger partial charge in [0.1, 0.15) is 0 Å². The Bertz CT molecular complexity index is 167. The molecule has 15 heavy (non-hydrogen) atoms. The second-order valence-electron chi connectivity index (χ2n) is 4.86. The average molecular weight is 215 g/mol. The molecule has 1 rings (SSSR count). The third kappa shape index (κ3) is 4.09. The van der Waals surface area contributed by atoms with Gasteiger partial charge in [0, 0.05) is 19.2 Å². The van der Waals surface area contributed by atoms with Gasteiger partial charge >= 0.3 is 0 Å². The molecule has 1 aliphatic rings. The fourth-order valence-electron chi connectivity index (χ4n) is 2.02. The van der Waals surface area contributed by atoms with Crippen molar-refractivity contribution in [2.24, 2.45) is 11.8 Å². The van der Waals surface area contributed by atoms with Crippen LogP contribution in [0.3, 0.4) is 0 Å². The van der Waals surface area contributed by atoms with Crippen LogP contribution >= 0.6 is 0 Å². The molecule has 0 radical (unpaired) electrons. The lowest BCUT2D eigenvalue weighted by Crippen LogP contribution is -2.41. The van der Waals surface area contributed by atoms with E-state index in [1.807, 2.05) is 13.8 Å². The van der Waals surface area contributed by atoms with E-state index in [9.17, 15) is 5.11 Å². The average Bonchev–Trinajstić information content (AvgIpc) is 2.71. The number of hydrogen-bond acceptors (Lipinski definition) is 3. The highest BCUT2D eigenvalue weighted by Gasteiger charge is 2.24. The third-order valence-electron chi connectivity index (χ3n) is 3.33. The summed E-state index contributed by atoms with van der Waals surface area (Å²) in [6.07, 6.45) is 2.03. The molecule has 3 unspecified atom stereocenters. The summed E-state index contributed by atoms with van der Waals surface area (Å²) in [5, 5.41) is 13.2. The first kappa shape index (κ1) is 12.9. The second kappa shape index (κ2) is 6.46. The van der Waals surface area contributed by atoms with E-state index in [0.29, 0.717) is 24.4 Å². The minimum absolute atomic E-state index is 0.235. The molecular formula is C12H25NO2. The van der Waals surface area contributed by atoms with Crippen molar-refractivity contribution in [1.82, 2.24) is 5.32 Å². The van der Waals surface area contributed by atoms with Crippen LogP contribution in [0.5, 0.6) is 0 Å². The summed E-state index contributed by atoms with van der Waals surface area (Å²) in [6, 6.07) is 0.501. The highest BCUT2D eigenvalue weighted by Crippen LogP contribution is 2.18. The highest BCUT2D eigenvalue weighted by molar-refractivity contribution is 4.79. The second-order valence-corrected chi connectivity index (χ2v) is 4.86. The lowest BCUT2D eigenvalue weighted by atomic mass is 9.96. The normalized spacial score (nSPS) is 25.8. The van der Waals surface area contributed by atoms with E-state index in [0.717, 1.165) is 26.1 Å². The van der Waals surface area contributed by atoms with Crippen molar-refractivity contribution >= 4 is 0 Å². The van der Waals surface area contributed by atoms with Crippen LogP contribution in [0.2, 0.25) is 0 Å². The zero-order valence-corrected chi connectivity index (χ0v) is 10.2. The van der Waals surface area contributed by atoms with Crippen LogP contribution in [0.15, 0.2) is 0 Å². The summed E-state index contributed by atoms with van der Waals surface area (Å²) in [7, 11) is 0. The third-order valence-corrected chi connectivity index (χ3v) is 3.33. The number of aliphatic hydroxyl groups is 1. The minimum Gasteiger partial charge on any atom is -0.392 e. The minimum atomic E-state index is -0.235. The van der Waals surface area contributed by atoms with E-state index < -0.39 is 0 Å². The van der Waals surface area contributed by atoms with E-state index in [-0.39, 0.29) is 6.10 Å². The van der Waals surface area contributed by atoms with E-state index in [2.05, 4.69) is 12.2 Å². The predicted molar refractivity (Wildman–Crippen MR) is 61.9 cm³/mol. The van der Waals surface area contributed by atoms with Gasteiger partial charge in [0.15, 0.2) is 0 Å². The van der Waals surface area contributed by atoms with Crippen molar-refractivity contribution < 1.29 is 9.84 Å². The van der Waals surface area contributed by atoms with Gasteiger partial charge in [-0.3, -0.25) is 0 Å². The summed E-state index contributed by atoms with van der Waals surface area (Å²) in [6.45, 7) is 8.77. The number of hydrogen-bond donors (Lipinski definition) is 2. The molecule has 0 aromatic rings. The summed E-state index contributed by atoms with van der Waals surface area (Å²) >= 11 is 0. The zero-order valence-electron chi connectivity index (χ0n) is 10.2. The van der Waals surface area contributed by atoms with Gasteiger partial charge in [-0.05, 0) is 24.7 Å². The van der Waals surface area contributed by atoms with Gasteiger partial charge < -0.3 is 15.2 Å². The first-order valence-corrected chi connectivity index (χ1v) is 6.14. The molecule has 0 saturated carbocycles. The first-order valence-electron chi connectivity index (χ1n) is 6.14. The summed E-state index contributed by atoms with van der Waals surface area (Å²) in [4.78, 5) is 0. The molecular weight excluding hydrogens is 190 g/mol. The predicted octanol–water partition coefficient (Wildman–Crippen LogP) is 1.41.